The fraction of sp³-hybridized carbons (Fsp3) is 0.316. The van der Waals surface area contributed by atoms with Crippen molar-refractivity contribution < 1.29 is 14.6 Å². The molecule has 0 spiro atoms. The van der Waals surface area contributed by atoms with Crippen LogP contribution < -0.4 is 5.32 Å². The van der Waals surface area contributed by atoms with Crippen LogP contribution in [0.15, 0.2) is 48.5 Å². The number of anilines is 1. The van der Waals surface area contributed by atoms with Crippen molar-refractivity contribution in [1.82, 2.24) is 4.90 Å². The molecule has 0 saturated carbocycles. The topological polar surface area (TPSA) is 61.8 Å². The summed E-state index contributed by atoms with van der Waals surface area (Å²) in [6.07, 6.45) is 0. The molecule has 1 fully saturated rings. The maximum Gasteiger partial charge on any atom is 0.337 e. The second-order valence-electron chi connectivity index (χ2n) is 5.91. The van der Waals surface area contributed by atoms with Gasteiger partial charge in [0.1, 0.15) is 0 Å². The van der Waals surface area contributed by atoms with E-state index in [1.165, 1.54) is 5.56 Å². The van der Waals surface area contributed by atoms with Crippen molar-refractivity contribution in [1.29, 1.82) is 0 Å². The normalized spacial score (nSPS) is 15.2. The van der Waals surface area contributed by atoms with Crippen molar-refractivity contribution in [2.24, 2.45) is 0 Å². The van der Waals surface area contributed by atoms with Crippen LogP contribution in [0.4, 0.5) is 5.69 Å². The highest BCUT2D eigenvalue weighted by Gasteiger charge is 2.11. The van der Waals surface area contributed by atoms with E-state index in [-0.39, 0.29) is 0 Å². The fourth-order valence-corrected chi connectivity index (χ4v) is 2.80. The molecule has 2 aromatic rings. The second kappa shape index (κ2) is 7.95. The first-order chi connectivity index (χ1) is 11.7. The summed E-state index contributed by atoms with van der Waals surface area (Å²) in [5.41, 5.74) is 3.34. The van der Waals surface area contributed by atoms with Gasteiger partial charge in [-0.2, -0.15) is 0 Å². The van der Waals surface area contributed by atoms with E-state index in [4.69, 9.17) is 4.74 Å². The Balaban J connectivity index is 1.57. The number of benzene rings is 2. The van der Waals surface area contributed by atoms with Crippen LogP contribution in [0.25, 0.3) is 0 Å². The maximum absolute atomic E-state index is 11.2. The predicted octanol–water partition coefficient (Wildman–Crippen LogP) is 2.83. The van der Waals surface area contributed by atoms with Crippen LogP contribution in [0.2, 0.25) is 0 Å². The molecule has 0 aromatic heterocycles. The number of carboxylic acids is 1. The Morgan fingerprint density at radius 3 is 2.42 bits per heavy atom. The molecule has 2 aromatic carbocycles. The first kappa shape index (κ1) is 16.5. The van der Waals surface area contributed by atoms with Crippen LogP contribution in [0.5, 0.6) is 0 Å². The summed E-state index contributed by atoms with van der Waals surface area (Å²) in [6.45, 7) is 5.13. The lowest BCUT2D eigenvalue weighted by molar-refractivity contribution is 0.0342. The molecule has 24 heavy (non-hydrogen) atoms. The van der Waals surface area contributed by atoms with Gasteiger partial charge >= 0.3 is 5.97 Å². The molecule has 0 bridgehead atoms. The van der Waals surface area contributed by atoms with Crippen molar-refractivity contribution in [3.8, 4) is 0 Å². The molecule has 5 heteroatoms. The number of nitrogens with one attached hydrogen (secondary N) is 1. The molecule has 0 unspecified atom stereocenters. The van der Waals surface area contributed by atoms with Gasteiger partial charge in [-0.1, -0.05) is 36.4 Å². The Hall–Kier alpha value is -2.37. The van der Waals surface area contributed by atoms with Crippen LogP contribution in [0, 0.1) is 0 Å². The number of morpholine rings is 1. The van der Waals surface area contributed by atoms with Gasteiger partial charge in [0, 0.05) is 31.9 Å². The van der Waals surface area contributed by atoms with Crippen molar-refractivity contribution >= 4 is 11.7 Å². The number of carbonyl (C=O) groups is 1. The van der Waals surface area contributed by atoms with Gasteiger partial charge in [-0.3, -0.25) is 4.90 Å². The van der Waals surface area contributed by atoms with Gasteiger partial charge < -0.3 is 15.2 Å². The Kier molecular flexibility index (Phi) is 5.46. The van der Waals surface area contributed by atoms with Crippen molar-refractivity contribution in [3.63, 3.8) is 0 Å². The van der Waals surface area contributed by atoms with Gasteiger partial charge in [0.25, 0.3) is 0 Å². The summed E-state index contributed by atoms with van der Waals surface area (Å²) >= 11 is 0. The van der Waals surface area contributed by atoms with E-state index in [0.717, 1.165) is 38.4 Å². The maximum atomic E-state index is 11.2. The van der Waals surface area contributed by atoms with Crippen LogP contribution in [-0.4, -0.2) is 42.3 Å². The number of nitrogens with zero attached hydrogens (tertiary/aromatic N) is 1. The molecule has 2 N–H and O–H groups in total. The molecular weight excluding hydrogens is 304 g/mol. The van der Waals surface area contributed by atoms with E-state index in [9.17, 15) is 9.90 Å². The third-order valence-electron chi connectivity index (χ3n) is 4.17. The Morgan fingerprint density at radius 2 is 1.71 bits per heavy atom. The van der Waals surface area contributed by atoms with Crippen LogP contribution in [-0.2, 0) is 17.8 Å². The van der Waals surface area contributed by atoms with Crippen molar-refractivity contribution in [3.05, 3.63) is 65.2 Å². The number of rotatable bonds is 6. The van der Waals surface area contributed by atoms with E-state index < -0.39 is 5.97 Å². The zero-order valence-electron chi connectivity index (χ0n) is 13.6. The molecule has 3 rings (SSSR count). The summed E-state index contributed by atoms with van der Waals surface area (Å²) in [5, 5.41) is 12.4. The summed E-state index contributed by atoms with van der Waals surface area (Å²) in [7, 11) is 0. The summed E-state index contributed by atoms with van der Waals surface area (Å²) in [4.78, 5) is 13.6. The molecule has 0 radical (unpaired) electrons. The first-order valence-corrected chi connectivity index (χ1v) is 8.16. The van der Waals surface area contributed by atoms with E-state index in [2.05, 4.69) is 34.5 Å². The number of hydrogen-bond acceptors (Lipinski definition) is 4. The SMILES string of the molecule is O=C(O)c1ccccc1NCc1ccc(CN2CCOCC2)cc1. The second-order valence-corrected chi connectivity index (χ2v) is 5.91. The zero-order chi connectivity index (χ0) is 16.8. The highest BCUT2D eigenvalue weighted by atomic mass is 16.5. The van der Waals surface area contributed by atoms with E-state index in [0.29, 0.717) is 17.8 Å². The summed E-state index contributed by atoms with van der Waals surface area (Å²) in [6, 6.07) is 15.4. The summed E-state index contributed by atoms with van der Waals surface area (Å²) in [5.74, 6) is -0.918. The minimum atomic E-state index is -0.918. The van der Waals surface area contributed by atoms with Gasteiger partial charge in [0.15, 0.2) is 0 Å². The number of para-hydroxylation sites is 1. The lowest BCUT2D eigenvalue weighted by Gasteiger charge is -2.26. The highest BCUT2D eigenvalue weighted by molar-refractivity contribution is 5.94. The monoisotopic (exact) mass is 326 g/mol. The van der Waals surface area contributed by atoms with Gasteiger partial charge in [-0.05, 0) is 23.3 Å². The highest BCUT2D eigenvalue weighted by Crippen LogP contribution is 2.16. The predicted molar refractivity (Wildman–Crippen MR) is 93.3 cm³/mol. The lowest BCUT2D eigenvalue weighted by atomic mass is 10.1. The molecule has 5 nitrogen and oxygen atoms in total. The minimum absolute atomic E-state index is 0.293. The van der Waals surface area contributed by atoms with Crippen molar-refractivity contribution in [2.45, 2.75) is 13.1 Å². The van der Waals surface area contributed by atoms with E-state index in [1.54, 1.807) is 18.2 Å². The number of aromatic carboxylic acids is 1. The summed E-state index contributed by atoms with van der Waals surface area (Å²) < 4.78 is 5.37. The molecule has 1 aliphatic heterocycles. The molecule has 1 saturated heterocycles. The van der Waals surface area contributed by atoms with E-state index >= 15 is 0 Å². The minimum Gasteiger partial charge on any atom is -0.478 e. The molecule has 126 valence electrons. The van der Waals surface area contributed by atoms with E-state index in [1.807, 2.05) is 6.07 Å². The van der Waals surface area contributed by atoms with Gasteiger partial charge in [-0.15, -0.1) is 0 Å². The molecule has 1 aliphatic rings. The molecular formula is C19H22N2O3. The largest absolute Gasteiger partial charge is 0.478 e. The van der Waals surface area contributed by atoms with Gasteiger partial charge in [0.05, 0.1) is 18.8 Å². The van der Waals surface area contributed by atoms with Crippen molar-refractivity contribution in [2.75, 3.05) is 31.6 Å². The molecule has 1 heterocycles. The van der Waals surface area contributed by atoms with Crippen LogP contribution in [0.3, 0.4) is 0 Å². The zero-order valence-corrected chi connectivity index (χ0v) is 13.6. The smallest absolute Gasteiger partial charge is 0.337 e. The Morgan fingerprint density at radius 1 is 1.04 bits per heavy atom. The van der Waals surface area contributed by atoms with Gasteiger partial charge in [-0.25, -0.2) is 4.79 Å². The third kappa shape index (κ3) is 4.34. The lowest BCUT2D eigenvalue weighted by Crippen LogP contribution is -2.35. The molecule has 0 atom stereocenters. The molecule has 0 aliphatic carbocycles. The first-order valence-electron chi connectivity index (χ1n) is 8.16. The average molecular weight is 326 g/mol. The quantitative estimate of drug-likeness (QED) is 0.855. The van der Waals surface area contributed by atoms with Gasteiger partial charge in [0.2, 0.25) is 0 Å². The number of carboxylic acid groups (broad SMARTS) is 1. The molecule has 0 amide bonds. The van der Waals surface area contributed by atoms with Crippen LogP contribution in [0.1, 0.15) is 21.5 Å². The Bertz CT molecular complexity index is 679. The van der Waals surface area contributed by atoms with Crippen LogP contribution >= 0.6 is 0 Å². The third-order valence-corrected chi connectivity index (χ3v) is 4.17. The standard InChI is InChI=1S/C19H22N2O3/c22-19(23)17-3-1-2-4-18(17)20-13-15-5-7-16(8-6-15)14-21-9-11-24-12-10-21/h1-8,20H,9-14H2,(H,22,23). The Labute approximate surface area is 141 Å². The number of ether oxygens (including phenoxy) is 1. The average Bonchev–Trinajstić information content (AvgIpc) is 2.62. The number of hydrogen-bond donors (Lipinski definition) is 2. The fourth-order valence-electron chi connectivity index (χ4n) is 2.80.